The molecular formula is C22H45S. The summed E-state index contributed by atoms with van der Waals surface area (Å²) in [5, 5.41) is 0. The summed E-state index contributed by atoms with van der Waals surface area (Å²) in [6.45, 7) is 4.59. The highest BCUT2D eigenvalue weighted by Gasteiger charge is 1.95. The van der Waals surface area contributed by atoms with E-state index in [1.165, 1.54) is 121 Å². The van der Waals surface area contributed by atoms with Crippen molar-refractivity contribution < 1.29 is 0 Å². The van der Waals surface area contributed by atoms with E-state index in [9.17, 15) is 0 Å². The van der Waals surface area contributed by atoms with Crippen LogP contribution in [0.25, 0.3) is 0 Å². The van der Waals surface area contributed by atoms with Crippen molar-refractivity contribution >= 4 is 11.8 Å². The summed E-state index contributed by atoms with van der Waals surface area (Å²) in [7, 11) is 0. The first-order valence-electron chi connectivity index (χ1n) is 10.8. The standard InChI is InChI=1S/C22H45S/c1-3-5-7-9-11-12-13-14-16-18-20-22-23-21-19-17-15-10-8-6-4-2/h22H,3-21H2,1-2H3. The largest absolute Gasteiger partial charge is 0.157 e. The van der Waals surface area contributed by atoms with Crippen molar-refractivity contribution in [1.82, 2.24) is 0 Å². The molecule has 0 fully saturated rings. The monoisotopic (exact) mass is 341 g/mol. The van der Waals surface area contributed by atoms with Crippen molar-refractivity contribution in [1.29, 1.82) is 0 Å². The molecule has 0 N–H and O–H groups in total. The molecule has 1 radical (unpaired) electrons. The highest BCUT2D eigenvalue weighted by molar-refractivity contribution is 8.01. The molecule has 0 amide bonds. The number of hydrogen-bond acceptors (Lipinski definition) is 1. The van der Waals surface area contributed by atoms with Gasteiger partial charge in [-0.3, -0.25) is 0 Å². The first-order valence-corrected chi connectivity index (χ1v) is 11.9. The lowest BCUT2D eigenvalue weighted by atomic mass is 10.1. The fourth-order valence-corrected chi connectivity index (χ4v) is 3.90. The zero-order valence-electron chi connectivity index (χ0n) is 16.4. The Hall–Kier alpha value is 0.350. The minimum absolute atomic E-state index is 1.33. The minimum Gasteiger partial charge on any atom is -0.157 e. The van der Waals surface area contributed by atoms with Crippen molar-refractivity contribution in [2.75, 3.05) is 5.75 Å². The Morgan fingerprint density at radius 3 is 1.35 bits per heavy atom. The van der Waals surface area contributed by atoms with Crippen molar-refractivity contribution in [3.8, 4) is 0 Å². The van der Waals surface area contributed by atoms with E-state index in [4.69, 9.17) is 0 Å². The van der Waals surface area contributed by atoms with E-state index in [1.807, 2.05) is 0 Å². The molecule has 0 aliphatic rings. The van der Waals surface area contributed by atoms with Gasteiger partial charge in [0.1, 0.15) is 0 Å². The normalized spacial score (nSPS) is 11.2. The maximum Gasteiger partial charge on any atom is 0.0166 e. The molecular weight excluding hydrogens is 296 g/mol. The molecule has 0 unspecified atom stereocenters. The van der Waals surface area contributed by atoms with Crippen LogP contribution in [0.1, 0.15) is 129 Å². The highest BCUT2D eigenvalue weighted by atomic mass is 32.2. The average molecular weight is 342 g/mol. The Balaban J connectivity index is 2.92. The predicted molar refractivity (Wildman–Crippen MR) is 111 cm³/mol. The molecule has 0 bridgehead atoms. The lowest BCUT2D eigenvalue weighted by Gasteiger charge is -2.03. The van der Waals surface area contributed by atoms with E-state index in [2.05, 4.69) is 31.4 Å². The fourth-order valence-electron chi connectivity index (χ4n) is 3.02. The van der Waals surface area contributed by atoms with Crippen LogP contribution in [0.4, 0.5) is 0 Å². The summed E-state index contributed by atoms with van der Waals surface area (Å²) in [5.41, 5.74) is 0. The number of hydrogen-bond donors (Lipinski definition) is 0. The number of thioether (sulfide) groups is 1. The molecule has 0 spiro atoms. The maximum atomic E-state index is 2.47. The van der Waals surface area contributed by atoms with Gasteiger partial charge in [0.2, 0.25) is 0 Å². The van der Waals surface area contributed by atoms with Crippen LogP contribution in [0.15, 0.2) is 0 Å². The van der Waals surface area contributed by atoms with E-state index >= 15 is 0 Å². The van der Waals surface area contributed by atoms with Crippen molar-refractivity contribution in [2.45, 2.75) is 129 Å². The molecule has 0 nitrogen and oxygen atoms in total. The van der Waals surface area contributed by atoms with Crippen LogP contribution in [0.3, 0.4) is 0 Å². The second-order valence-electron chi connectivity index (χ2n) is 7.13. The smallest absolute Gasteiger partial charge is 0.0166 e. The Morgan fingerprint density at radius 1 is 0.478 bits per heavy atom. The van der Waals surface area contributed by atoms with Crippen LogP contribution in [0.2, 0.25) is 0 Å². The molecule has 0 atom stereocenters. The molecule has 139 valence electrons. The molecule has 0 aromatic heterocycles. The quantitative estimate of drug-likeness (QED) is 0.199. The van der Waals surface area contributed by atoms with Crippen LogP contribution in [0, 0.1) is 5.75 Å². The topological polar surface area (TPSA) is 0 Å². The minimum atomic E-state index is 1.33. The summed E-state index contributed by atoms with van der Waals surface area (Å²) >= 11 is 2.08. The van der Waals surface area contributed by atoms with E-state index in [1.54, 1.807) is 0 Å². The van der Waals surface area contributed by atoms with Gasteiger partial charge < -0.3 is 0 Å². The molecule has 0 aromatic carbocycles. The predicted octanol–water partition coefficient (Wildman–Crippen LogP) is 8.94. The zero-order chi connectivity index (χ0) is 16.8. The second-order valence-corrected chi connectivity index (χ2v) is 8.20. The van der Waals surface area contributed by atoms with Crippen LogP contribution >= 0.6 is 11.8 Å². The molecule has 0 aromatic rings. The lowest BCUT2D eigenvalue weighted by Crippen LogP contribution is -1.84. The Labute approximate surface area is 153 Å². The van der Waals surface area contributed by atoms with Crippen molar-refractivity contribution in [3.05, 3.63) is 5.75 Å². The Bertz CT molecular complexity index is 170. The van der Waals surface area contributed by atoms with Crippen molar-refractivity contribution in [2.24, 2.45) is 0 Å². The molecule has 0 aliphatic carbocycles. The van der Waals surface area contributed by atoms with Gasteiger partial charge in [-0.15, -0.1) is 0 Å². The lowest BCUT2D eigenvalue weighted by molar-refractivity contribution is 0.557. The molecule has 0 saturated carbocycles. The van der Waals surface area contributed by atoms with Crippen LogP contribution in [0.5, 0.6) is 0 Å². The highest BCUT2D eigenvalue weighted by Crippen LogP contribution is 2.17. The first-order chi connectivity index (χ1) is 11.4. The fraction of sp³-hybridized carbons (Fsp3) is 0.955. The zero-order valence-corrected chi connectivity index (χ0v) is 17.2. The summed E-state index contributed by atoms with van der Waals surface area (Å²) in [5.74, 6) is 3.83. The van der Waals surface area contributed by atoms with Gasteiger partial charge in [0.25, 0.3) is 0 Å². The van der Waals surface area contributed by atoms with Gasteiger partial charge in [0.15, 0.2) is 0 Å². The molecule has 0 saturated heterocycles. The Kier molecular flexibility index (Phi) is 22.7. The van der Waals surface area contributed by atoms with Crippen LogP contribution < -0.4 is 0 Å². The summed E-state index contributed by atoms with van der Waals surface area (Å²) in [4.78, 5) is 0. The average Bonchev–Trinajstić information content (AvgIpc) is 2.57. The molecule has 0 aliphatic heterocycles. The van der Waals surface area contributed by atoms with E-state index < -0.39 is 0 Å². The molecule has 0 heterocycles. The third-order valence-corrected chi connectivity index (χ3v) is 5.65. The van der Waals surface area contributed by atoms with E-state index in [-0.39, 0.29) is 0 Å². The van der Waals surface area contributed by atoms with E-state index in [0.29, 0.717) is 0 Å². The van der Waals surface area contributed by atoms with Crippen LogP contribution in [-0.4, -0.2) is 5.75 Å². The third-order valence-electron chi connectivity index (χ3n) is 4.66. The number of rotatable bonds is 20. The van der Waals surface area contributed by atoms with Gasteiger partial charge in [0.05, 0.1) is 0 Å². The first kappa shape index (κ1) is 23.4. The second kappa shape index (κ2) is 22.4. The van der Waals surface area contributed by atoms with Gasteiger partial charge in [-0.05, 0) is 18.6 Å². The summed E-state index contributed by atoms with van der Waals surface area (Å²) in [6.07, 6.45) is 25.8. The van der Waals surface area contributed by atoms with Gasteiger partial charge in [0, 0.05) is 5.75 Å². The van der Waals surface area contributed by atoms with Crippen LogP contribution in [-0.2, 0) is 0 Å². The maximum absolute atomic E-state index is 2.47. The molecule has 23 heavy (non-hydrogen) atoms. The Morgan fingerprint density at radius 2 is 0.870 bits per heavy atom. The van der Waals surface area contributed by atoms with Gasteiger partial charge in [-0.2, -0.15) is 11.8 Å². The SMILES string of the molecule is CCCCCCCCCCCC[CH]SCCCCCCCCC. The summed E-state index contributed by atoms with van der Waals surface area (Å²) in [6, 6.07) is 0. The molecule has 0 rings (SSSR count). The van der Waals surface area contributed by atoms with Crippen molar-refractivity contribution in [3.63, 3.8) is 0 Å². The summed E-state index contributed by atoms with van der Waals surface area (Å²) < 4.78 is 0. The van der Waals surface area contributed by atoms with Gasteiger partial charge in [-0.1, -0.05) is 117 Å². The van der Waals surface area contributed by atoms with E-state index in [0.717, 1.165) is 0 Å². The third kappa shape index (κ3) is 22.4. The molecule has 1 heteroatoms. The van der Waals surface area contributed by atoms with Gasteiger partial charge in [-0.25, -0.2) is 0 Å². The number of unbranched alkanes of at least 4 members (excludes halogenated alkanes) is 16. The van der Waals surface area contributed by atoms with Gasteiger partial charge >= 0.3 is 0 Å².